The third-order valence-electron chi connectivity index (χ3n) is 5.88. The number of carbonyl (C=O) groups excluding carboxylic acids is 1. The first-order valence-corrected chi connectivity index (χ1v) is 10.1. The molecule has 1 saturated heterocycles. The molecule has 1 amide bonds. The summed E-state index contributed by atoms with van der Waals surface area (Å²) in [6.45, 7) is 6.02. The number of rotatable bonds is 5. The molecule has 28 heavy (non-hydrogen) atoms. The van der Waals surface area contributed by atoms with Gasteiger partial charge in [-0.3, -0.25) is 9.69 Å². The molecule has 1 saturated carbocycles. The van der Waals surface area contributed by atoms with Crippen molar-refractivity contribution in [3.63, 3.8) is 0 Å². The summed E-state index contributed by atoms with van der Waals surface area (Å²) in [5, 5.41) is 3.02. The highest BCUT2D eigenvalue weighted by Crippen LogP contribution is 2.30. The molecule has 1 aliphatic heterocycles. The number of pyridine rings is 1. The number of nitrogens with one attached hydrogen (secondary N) is 1. The molecule has 2 aliphatic rings. The maximum atomic E-state index is 12.6. The first-order valence-electron chi connectivity index (χ1n) is 10.1. The van der Waals surface area contributed by atoms with Crippen LogP contribution in [0.3, 0.4) is 0 Å². The van der Waals surface area contributed by atoms with E-state index in [0.29, 0.717) is 11.9 Å². The van der Waals surface area contributed by atoms with Crippen LogP contribution >= 0.6 is 0 Å². The first kappa shape index (κ1) is 20.9. The lowest BCUT2D eigenvalue weighted by Gasteiger charge is -2.36. The molecule has 0 aromatic carbocycles. The number of hydrogen-bond acceptors (Lipinski definition) is 4. The lowest BCUT2D eigenvalue weighted by Crippen LogP contribution is -2.47. The molecule has 0 unspecified atom stereocenters. The van der Waals surface area contributed by atoms with Crippen LogP contribution in [0.5, 0.6) is 0 Å². The van der Waals surface area contributed by atoms with Crippen LogP contribution in [-0.4, -0.2) is 54.6 Å². The number of nitrogens with zero attached hydrogens (tertiary/aromatic N) is 3. The average molecular weight is 398 g/mol. The van der Waals surface area contributed by atoms with Gasteiger partial charge in [0.2, 0.25) is 5.91 Å². The van der Waals surface area contributed by atoms with Crippen molar-refractivity contribution in [1.82, 2.24) is 15.2 Å². The van der Waals surface area contributed by atoms with Crippen molar-refractivity contribution >= 4 is 11.7 Å². The molecule has 156 valence electrons. The highest BCUT2D eigenvalue weighted by molar-refractivity contribution is 5.73. The van der Waals surface area contributed by atoms with Crippen LogP contribution in [-0.2, 0) is 11.0 Å². The number of piperazine rings is 1. The molecular formula is C20H29F3N4O. The topological polar surface area (TPSA) is 48.5 Å². The van der Waals surface area contributed by atoms with E-state index in [1.807, 2.05) is 0 Å². The van der Waals surface area contributed by atoms with E-state index in [4.69, 9.17) is 0 Å². The summed E-state index contributed by atoms with van der Waals surface area (Å²) in [6.07, 6.45) is 2.21. The standard InChI is InChI=1S/C20H29F3N4O/c1-15(28)25-18-5-2-16(3-6-18)8-9-26-10-12-27(13-11-26)19-7-4-17(14-24-19)20(21,22)23/h4,7,14,16,18H,2-3,5-6,8-13H2,1H3,(H,25,28). The summed E-state index contributed by atoms with van der Waals surface area (Å²) in [5.41, 5.74) is -0.705. The largest absolute Gasteiger partial charge is 0.417 e. The SMILES string of the molecule is CC(=O)NC1CCC(CCN2CCN(c3ccc(C(F)(F)F)cn3)CC2)CC1. The molecule has 0 atom stereocenters. The van der Waals surface area contributed by atoms with Crippen LogP contribution in [0.1, 0.15) is 44.6 Å². The smallest absolute Gasteiger partial charge is 0.354 e. The number of carbonyl (C=O) groups is 1. The molecule has 1 aliphatic carbocycles. The van der Waals surface area contributed by atoms with Gasteiger partial charge in [0.05, 0.1) is 5.56 Å². The Labute approximate surface area is 164 Å². The van der Waals surface area contributed by atoms with Crippen molar-refractivity contribution in [2.45, 2.75) is 51.2 Å². The lowest BCUT2D eigenvalue weighted by atomic mass is 9.84. The second-order valence-electron chi connectivity index (χ2n) is 7.94. The molecule has 0 bridgehead atoms. The quantitative estimate of drug-likeness (QED) is 0.827. The summed E-state index contributed by atoms with van der Waals surface area (Å²) < 4.78 is 37.9. The van der Waals surface area contributed by atoms with Crippen LogP contribution in [0.15, 0.2) is 18.3 Å². The molecule has 1 aromatic rings. The molecule has 2 heterocycles. The van der Waals surface area contributed by atoms with Crippen LogP contribution in [0.4, 0.5) is 19.0 Å². The summed E-state index contributed by atoms with van der Waals surface area (Å²) >= 11 is 0. The van der Waals surface area contributed by atoms with Gasteiger partial charge in [-0.2, -0.15) is 13.2 Å². The van der Waals surface area contributed by atoms with Crippen LogP contribution in [0.2, 0.25) is 0 Å². The van der Waals surface area contributed by atoms with Gasteiger partial charge in [0, 0.05) is 45.3 Å². The monoisotopic (exact) mass is 398 g/mol. The van der Waals surface area contributed by atoms with E-state index in [1.54, 1.807) is 6.92 Å². The Bertz CT molecular complexity index is 634. The lowest BCUT2D eigenvalue weighted by molar-refractivity contribution is -0.137. The molecule has 5 nitrogen and oxygen atoms in total. The summed E-state index contributed by atoms with van der Waals surface area (Å²) in [7, 11) is 0. The zero-order chi connectivity index (χ0) is 20.1. The Morgan fingerprint density at radius 1 is 1.14 bits per heavy atom. The molecule has 0 spiro atoms. The van der Waals surface area contributed by atoms with E-state index >= 15 is 0 Å². The Kier molecular flexibility index (Phi) is 6.80. The van der Waals surface area contributed by atoms with Crippen LogP contribution < -0.4 is 10.2 Å². The number of amides is 1. The van der Waals surface area contributed by atoms with E-state index in [9.17, 15) is 18.0 Å². The minimum absolute atomic E-state index is 0.0591. The fourth-order valence-corrected chi connectivity index (χ4v) is 4.19. The maximum absolute atomic E-state index is 12.6. The van der Waals surface area contributed by atoms with Crippen molar-refractivity contribution in [2.24, 2.45) is 5.92 Å². The molecule has 0 radical (unpaired) electrons. The fourth-order valence-electron chi connectivity index (χ4n) is 4.19. The zero-order valence-electron chi connectivity index (χ0n) is 16.3. The van der Waals surface area contributed by atoms with Crippen LogP contribution in [0, 0.1) is 5.92 Å². The van der Waals surface area contributed by atoms with Crippen LogP contribution in [0.25, 0.3) is 0 Å². The number of anilines is 1. The van der Waals surface area contributed by atoms with Crippen molar-refractivity contribution in [2.75, 3.05) is 37.6 Å². The van der Waals surface area contributed by atoms with E-state index < -0.39 is 11.7 Å². The van der Waals surface area contributed by atoms with E-state index in [0.717, 1.165) is 63.7 Å². The van der Waals surface area contributed by atoms with E-state index in [2.05, 4.69) is 20.1 Å². The van der Waals surface area contributed by atoms with Crippen molar-refractivity contribution < 1.29 is 18.0 Å². The van der Waals surface area contributed by atoms with Gasteiger partial charge in [0.1, 0.15) is 5.82 Å². The summed E-state index contributed by atoms with van der Waals surface area (Å²) in [4.78, 5) is 19.6. The van der Waals surface area contributed by atoms with E-state index in [-0.39, 0.29) is 5.91 Å². The molecule has 1 N–H and O–H groups in total. The van der Waals surface area contributed by atoms with Gasteiger partial charge < -0.3 is 10.2 Å². The van der Waals surface area contributed by atoms with Gasteiger partial charge in [0.15, 0.2) is 0 Å². The molecule has 3 rings (SSSR count). The van der Waals surface area contributed by atoms with E-state index in [1.165, 1.54) is 25.3 Å². The average Bonchev–Trinajstić information content (AvgIpc) is 2.67. The zero-order valence-corrected chi connectivity index (χ0v) is 16.3. The highest BCUT2D eigenvalue weighted by atomic mass is 19.4. The minimum atomic E-state index is -4.34. The third kappa shape index (κ3) is 5.83. The molecular weight excluding hydrogens is 369 g/mol. The second kappa shape index (κ2) is 9.11. The number of halogens is 3. The predicted octanol–water partition coefficient (Wildman–Crippen LogP) is 3.31. The maximum Gasteiger partial charge on any atom is 0.417 e. The summed E-state index contributed by atoms with van der Waals surface area (Å²) in [5.74, 6) is 1.40. The number of aromatic nitrogens is 1. The van der Waals surface area contributed by atoms with Crippen molar-refractivity contribution in [3.05, 3.63) is 23.9 Å². The molecule has 1 aromatic heterocycles. The van der Waals surface area contributed by atoms with Gasteiger partial charge in [-0.25, -0.2) is 4.98 Å². The van der Waals surface area contributed by atoms with Crippen molar-refractivity contribution in [3.8, 4) is 0 Å². The second-order valence-corrected chi connectivity index (χ2v) is 7.94. The fraction of sp³-hybridized carbons (Fsp3) is 0.700. The van der Waals surface area contributed by atoms with Gasteiger partial charge in [0.25, 0.3) is 0 Å². The Morgan fingerprint density at radius 2 is 1.82 bits per heavy atom. The highest BCUT2D eigenvalue weighted by Gasteiger charge is 2.31. The number of hydrogen-bond donors (Lipinski definition) is 1. The summed E-state index contributed by atoms with van der Waals surface area (Å²) in [6, 6.07) is 2.91. The van der Waals surface area contributed by atoms with Gasteiger partial charge in [-0.05, 0) is 56.7 Å². The molecule has 8 heteroatoms. The van der Waals surface area contributed by atoms with Crippen molar-refractivity contribution in [1.29, 1.82) is 0 Å². The normalized spacial score (nSPS) is 24.2. The van der Waals surface area contributed by atoms with Gasteiger partial charge in [-0.1, -0.05) is 0 Å². The predicted molar refractivity (Wildman–Crippen MR) is 102 cm³/mol. The minimum Gasteiger partial charge on any atom is -0.354 e. The Hall–Kier alpha value is -1.83. The molecule has 2 fully saturated rings. The Morgan fingerprint density at radius 3 is 2.36 bits per heavy atom. The first-order chi connectivity index (χ1) is 13.3. The Balaban J connectivity index is 1.37. The third-order valence-corrected chi connectivity index (χ3v) is 5.88. The number of alkyl halides is 3. The van der Waals surface area contributed by atoms with Gasteiger partial charge in [-0.15, -0.1) is 0 Å². The van der Waals surface area contributed by atoms with Gasteiger partial charge >= 0.3 is 6.18 Å².